The summed E-state index contributed by atoms with van der Waals surface area (Å²) in [5.41, 5.74) is 5.61. The molecule has 0 saturated carbocycles. The summed E-state index contributed by atoms with van der Waals surface area (Å²) in [5, 5.41) is 0.482. The minimum atomic E-state index is -0.717. The zero-order valence-corrected chi connectivity index (χ0v) is 12.2. The maximum absolute atomic E-state index is 12.2. The Morgan fingerprint density at radius 2 is 1.74 bits per heavy atom. The van der Waals surface area contributed by atoms with Gasteiger partial charge in [0.1, 0.15) is 0 Å². The van der Waals surface area contributed by atoms with Crippen LogP contribution in [0.2, 0.25) is 0 Å². The molecule has 0 radical (unpaired) electrons. The number of nitrogens with two attached hydrogens (primary N) is 1. The molecule has 1 saturated heterocycles. The van der Waals surface area contributed by atoms with E-state index in [0.717, 1.165) is 0 Å². The smallest absolute Gasteiger partial charge is 0.338 e. The van der Waals surface area contributed by atoms with Gasteiger partial charge in [-0.05, 0) is 25.0 Å². The molecule has 1 aromatic carbocycles. The lowest BCUT2D eigenvalue weighted by Gasteiger charge is -2.30. The van der Waals surface area contributed by atoms with Gasteiger partial charge in [0.25, 0.3) is 11.8 Å². The van der Waals surface area contributed by atoms with Crippen molar-refractivity contribution in [3.05, 3.63) is 35.4 Å². The molecule has 0 spiro atoms. The Morgan fingerprint density at radius 1 is 1.13 bits per heavy atom. The number of hydrogen-bond donors (Lipinski definition) is 1. The summed E-state index contributed by atoms with van der Waals surface area (Å²) >= 11 is 0. The van der Waals surface area contributed by atoms with Gasteiger partial charge in [-0.15, -0.1) is 0 Å². The van der Waals surface area contributed by atoms with Crippen molar-refractivity contribution in [2.75, 3.05) is 13.1 Å². The maximum Gasteiger partial charge on any atom is 0.338 e. The predicted octanol–water partition coefficient (Wildman–Crippen LogP) is 0.531. The molecule has 3 rings (SSSR count). The van der Waals surface area contributed by atoms with Crippen molar-refractivity contribution in [2.24, 2.45) is 11.7 Å². The highest BCUT2D eigenvalue weighted by Crippen LogP contribution is 2.25. The first kappa shape index (κ1) is 15.0. The first-order valence-electron chi connectivity index (χ1n) is 7.23. The van der Waals surface area contributed by atoms with Crippen LogP contribution in [0.25, 0.3) is 0 Å². The van der Waals surface area contributed by atoms with Crippen molar-refractivity contribution in [2.45, 2.75) is 12.8 Å². The first-order valence-corrected chi connectivity index (χ1v) is 7.23. The fraction of sp³-hybridized carbons (Fsp3) is 0.333. The highest BCUT2D eigenvalue weighted by molar-refractivity contribution is 6.20. The summed E-state index contributed by atoms with van der Waals surface area (Å²) in [6.07, 6.45) is 1.11. The number of piperidine rings is 1. The van der Waals surface area contributed by atoms with Gasteiger partial charge < -0.3 is 15.5 Å². The van der Waals surface area contributed by atoms with Gasteiger partial charge >= 0.3 is 12.0 Å². The number of amides is 4. The molecule has 2 aliphatic heterocycles. The SMILES string of the molecule is NC(=O)N1CCCC(C(=O)ON2C(=O)c3ccccc3C2=O)C1. The van der Waals surface area contributed by atoms with Gasteiger partial charge in [-0.25, -0.2) is 9.59 Å². The number of carbonyl (C=O) groups is 4. The number of nitrogens with zero attached hydrogens (tertiary/aromatic N) is 2. The summed E-state index contributed by atoms with van der Waals surface area (Å²) < 4.78 is 0. The van der Waals surface area contributed by atoms with Gasteiger partial charge in [0, 0.05) is 13.1 Å². The van der Waals surface area contributed by atoms with E-state index in [0.29, 0.717) is 24.4 Å². The second kappa shape index (κ2) is 5.71. The number of likely N-dealkylation sites (tertiary alicyclic amines) is 1. The molecule has 2 N–H and O–H groups in total. The third-order valence-corrected chi connectivity index (χ3v) is 4.00. The van der Waals surface area contributed by atoms with Crippen molar-refractivity contribution >= 4 is 23.8 Å². The van der Waals surface area contributed by atoms with E-state index in [-0.39, 0.29) is 17.7 Å². The Hall–Kier alpha value is -2.90. The Bertz CT molecular complexity index is 667. The Morgan fingerprint density at radius 3 is 2.30 bits per heavy atom. The molecular formula is C15H15N3O5. The maximum atomic E-state index is 12.2. The lowest BCUT2D eigenvalue weighted by Crippen LogP contribution is -2.46. The second-order valence-electron chi connectivity index (χ2n) is 5.48. The Balaban J connectivity index is 1.71. The van der Waals surface area contributed by atoms with Crippen LogP contribution in [-0.2, 0) is 9.63 Å². The van der Waals surface area contributed by atoms with Gasteiger partial charge in [0.15, 0.2) is 0 Å². The largest absolute Gasteiger partial charge is 0.351 e. The number of hydroxylamine groups is 2. The van der Waals surface area contributed by atoms with Gasteiger partial charge in [0.2, 0.25) is 0 Å². The average Bonchev–Trinajstić information content (AvgIpc) is 2.80. The van der Waals surface area contributed by atoms with E-state index < -0.39 is 29.7 Å². The van der Waals surface area contributed by atoms with E-state index in [4.69, 9.17) is 10.6 Å². The molecule has 0 aliphatic carbocycles. The van der Waals surface area contributed by atoms with Crippen LogP contribution < -0.4 is 5.73 Å². The quantitative estimate of drug-likeness (QED) is 0.800. The van der Waals surface area contributed by atoms with Crippen molar-refractivity contribution in [1.82, 2.24) is 9.96 Å². The molecule has 0 bridgehead atoms. The van der Waals surface area contributed by atoms with E-state index >= 15 is 0 Å². The molecule has 8 heteroatoms. The first-order chi connectivity index (χ1) is 11.0. The van der Waals surface area contributed by atoms with E-state index in [1.54, 1.807) is 12.1 Å². The molecule has 23 heavy (non-hydrogen) atoms. The topological polar surface area (TPSA) is 110 Å². The van der Waals surface area contributed by atoms with Crippen LogP contribution in [0.3, 0.4) is 0 Å². The fourth-order valence-electron chi connectivity index (χ4n) is 2.78. The summed E-state index contributed by atoms with van der Waals surface area (Å²) in [7, 11) is 0. The molecule has 2 aliphatic rings. The van der Waals surface area contributed by atoms with E-state index in [1.807, 2.05) is 0 Å². The van der Waals surface area contributed by atoms with E-state index in [9.17, 15) is 19.2 Å². The van der Waals surface area contributed by atoms with Crippen LogP contribution in [0.1, 0.15) is 33.6 Å². The van der Waals surface area contributed by atoms with Gasteiger partial charge in [-0.1, -0.05) is 17.2 Å². The number of urea groups is 1. The van der Waals surface area contributed by atoms with Crippen LogP contribution in [-0.4, -0.2) is 46.9 Å². The minimum absolute atomic E-state index is 0.122. The summed E-state index contributed by atoms with van der Waals surface area (Å²) in [6, 6.07) is 5.64. The zero-order valence-electron chi connectivity index (χ0n) is 12.2. The van der Waals surface area contributed by atoms with Crippen LogP contribution in [0.4, 0.5) is 4.79 Å². The van der Waals surface area contributed by atoms with Crippen LogP contribution in [0.15, 0.2) is 24.3 Å². The number of imide groups is 1. The molecule has 0 aromatic heterocycles. The number of fused-ring (bicyclic) bond motifs is 1. The standard InChI is InChI=1S/C15H15N3O5/c16-15(22)17-7-3-4-9(8-17)14(21)23-18-12(19)10-5-1-2-6-11(10)13(18)20/h1-2,5-6,9H,3-4,7-8H2,(H2,16,22). The summed E-state index contributed by atoms with van der Waals surface area (Å²) in [4.78, 5) is 54.0. The molecule has 1 fully saturated rings. The fourth-order valence-corrected chi connectivity index (χ4v) is 2.78. The highest BCUT2D eigenvalue weighted by Gasteiger charge is 2.40. The predicted molar refractivity (Wildman–Crippen MR) is 76.9 cm³/mol. The average molecular weight is 317 g/mol. The normalized spacial score (nSPS) is 20.4. The van der Waals surface area contributed by atoms with Crippen molar-refractivity contribution < 1.29 is 24.0 Å². The Labute approximate surface area is 131 Å². The van der Waals surface area contributed by atoms with E-state index in [1.165, 1.54) is 17.0 Å². The van der Waals surface area contributed by atoms with Crippen LogP contribution >= 0.6 is 0 Å². The number of hydrogen-bond acceptors (Lipinski definition) is 5. The van der Waals surface area contributed by atoms with Crippen LogP contribution in [0.5, 0.6) is 0 Å². The molecular weight excluding hydrogens is 302 g/mol. The monoisotopic (exact) mass is 317 g/mol. The molecule has 120 valence electrons. The van der Waals surface area contributed by atoms with Crippen molar-refractivity contribution in [3.8, 4) is 0 Å². The number of rotatable bonds is 2. The van der Waals surface area contributed by atoms with E-state index in [2.05, 4.69) is 0 Å². The second-order valence-corrected chi connectivity index (χ2v) is 5.48. The van der Waals surface area contributed by atoms with Crippen LogP contribution in [0, 0.1) is 5.92 Å². The van der Waals surface area contributed by atoms with Gasteiger partial charge in [0.05, 0.1) is 17.0 Å². The lowest BCUT2D eigenvalue weighted by molar-refractivity contribution is -0.175. The Kier molecular flexibility index (Phi) is 3.73. The van der Waals surface area contributed by atoms with Crippen molar-refractivity contribution in [1.29, 1.82) is 0 Å². The summed E-state index contributed by atoms with van der Waals surface area (Å²) in [6.45, 7) is 0.601. The zero-order chi connectivity index (χ0) is 16.6. The third kappa shape index (κ3) is 2.63. The molecule has 4 amide bonds. The number of benzene rings is 1. The molecule has 1 atom stereocenters. The number of primary amides is 1. The highest BCUT2D eigenvalue weighted by atomic mass is 16.7. The molecule has 8 nitrogen and oxygen atoms in total. The lowest BCUT2D eigenvalue weighted by atomic mass is 9.99. The third-order valence-electron chi connectivity index (χ3n) is 4.00. The van der Waals surface area contributed by atoms with Gasteiger partial charge in [-0.2, -0.15) is 0 Å². The molecule has 2 heterocycles. The van der Waals surface area contributed by atoms with Crippen molar-refractivity contribution in [3.63, 3.8) is 0 Å². The minimum Gasteiger partial charge on any atom is -0.351 e. The van der Waals surface area contributed by atoms with Gasteiger partial charge in [-0.3, -0.25) is 9.59 Å². The summed E-state index contributed by atoms with van der Waals surface area (Å²) in [5.74, 6) is -2.66. The molecule has 1 unspecified atom stereocenters. The molecule has 1 aromatic rings. The number of carbonyl (C=O) groups excluding carboxylic acids is 4.